The molecule has 1 aliphatic heterocycles. The SMILES string of the molecule is CCCCc1ccc(-c2ccc(C(=O)NCCC(=O)N[C@@H](CCCCN)C(=O)N[C@H](C(=O)N[C@@H](N)C(=O)N[C@@H](CC(N)=O)C(=O)N[C@@H](N)B3OC4C[C@@H]5C[C@@H](C5(C)C)[C@]4(C)O3)c3ccc(O)cc3)cc2)cc1. The summed E-state index contributed by atoms with van der Waals surface area (Å²) in [7, 11) is -1.02. The van der Waals surface area contributed by atoms with Crippen LogP contribution in [0.3, 0.4) is 0 Å². The van der Waals surface area contributed by atoms with E-state index in [-0.39, 0.29) is 54.0 Å². The zero-order valence-electron chi connectivity index (χ0n) is 41.5. The number of phenolic OH excluding ortho intramolecular Hbond substituents is 1. The Morgan fingerprint density at radius 2 is 1.42 bits per heavy atom. The van der Waals surface area contributed by atoms with Gasteiger partial charge in [0.1, 0.15) is 29.9 Å². The molecule has 3 saturated carbocycles. The Hall–Kier alpha value is -6.39. The summed E-state index contributed by atoms with van der Waals surface area (Å²) in [6.45, 7) is 8.82. The Balaban J connectivity index is 1.04. The minimum absolute atomic E-state index is 0.0430. The van der Waals surface area contributed by atoms with Crippen molar-refractivity contribution in [3.63, 3.8) is 0 Å². The number of carbonyl (C=O) groups is 7. The van der Waals surface area contributed by atoms with Crippen LogP contribution in [-0.4, -0.2) is 103 Å². The van der Waals surface area contributed by atoms with Gasteiger partial charge in [0.25, 0.3) is 11.8 Å². The molecule has 2 bridgehead atoms. The summed E-state index contributed by atoms with van der Waals surface area (Å²) in [5, 5.41) is 25.3. The highest BCUT2D eigenvalue weighted by molar-refractivity contribution is 6.47. The first-order valence-corrected chi connectivity index (χ1v) is 24.8. The highest BCUT2D eigenvalue weighted by Crippen LogP contribution is 2.65. The van der Waals surface area contributed by atoms with E-state index in [4.69, 9.17) is 32.2 Å². The Bertz CT molecular complexity index is 2410. The molecule has 0 radical (unpaired) electrons. The molecule has 1 heterocycles. The number of nitrogens with two attached hydrogens (primary N) is 4. The molecule has 20 nitrogen and oxygen atoms in total. The molecule has 3 aliphatic carbocycles. The van der Waals surface area contributed by atoms with Gasteiger partial charge in [-0.25, -0.2) is 0 Å². The summed E-state index contributed by atoms with van der Waals surface area (Å²) in [6, 6.07) is 15.3. The van der Waals surface area contributed by atoms with Crippen LogP contribution >= 0.6 is 0 Å². The summed E-state index contributed by atoms with van der Waals surface area (Å²) in [6.07, 6.45) is 3.21. The normalized spacial score (nSPS) is 21.5. The van der Waals surface area contributed by atoms with Gasteiger partial charge in [-0.05, 0) is 122 Å². The Labute approximate surface area is 420 Å². The zero-order valence-corrected chi connectivity index (χ0v) is 41.5. The van der Waals surface area contributed by atoms with Crippen molar-refractivity contribution >= 4 is 48.5 Å². The first-order valence-electron chi connectivity index (χ1n) is 24.8. The van der Waals surface area contributed by atoms with Gasteiger partial charge in [-0.1, -0.05) is 75.7 Å². The number of hydrogen-bond acceptors (Lipinski definition) is 13. The zero-order chi connectivity index (χ0) is 52.3. The van der Waals surface area contributed by atoms with Crippen molar-refractivity contribution in [2.24, 2.45) is 40.2 Å². The molecule has 3 aromatic rings. The van der Waals surface area contributed by atoms with Crippen LogP contribution in [0.1, 0.15) is 113 Å². The van der Waals surface area contributed by atoms with E-state index in [0.29, 0.717) is 30.9 Å². The maximum absolute atomic E-state index is 14.0. The topological polar surface area (TPSA) is 334 Å². The van der Waals surface area contributed by atoms with E-state index in [1.807, 2.05) is 19.1 Å². The molecule has 15 N–H and O–H groups in total. The van der Waals surface area contributed by atoms with Crippen LogP contribution in [0.4, 0.5) is 0 Å². The molecule has 4 aliphatic rings. The molecule has 1 saturated heterocycles. The van der Waals surface area contributed by atoms with Crippen LogP contribution in [-0.2, 0) is 44.5 Å². The highest BCUT2D eigenvalue weighted by atomic mass is 16.7. The Morgan fingerprint density at radius 3 is 2.04 bits per heavy atom. The van der Waals surface area contributed by atoms with Gasteiger partial charge in [0.05, 0.1) is 18.1 Å². The van der Waals surface area contributed by atoms with Gasteiger partial charge in [0.2, 0.25) is 29.5 Å². The van der Waals surface area contributed by atoms with E-state index >= 15 is 0 Å². The summed E-state index contributed by atoms with van der Waals surface area (Å²) < 4.78 is 12.5. The molecular formula is C51H71BN10O10. The monoisotopic (exact) mass is 995 g/mol. The molecule has 7 amide bonds. The lowest BCUT2D eigenvalue weighted by atomic mass is 9.43. The third-order valence-electron chi connectivity index (χ3n) is 14.5. The predicted molar refractivity (Wildman–Crippen MR) is 269 cm³/mol. The maximum Gasteiger partial charge on any atom is 0.497 e. The fourth-order valence-corrected chi connectivity index (χ4v) is 10.0. The Kier molecular flexibility index (Phi) is 18.6. The number of aryl methyl sites for hydroxylation is 1. The van der Waals surface area contributed by atoms with E-state index in [9.17, 15) is 38.7 Å². The number of phenols is 1. The van der Waals surface area contributed by atoms with Crippen molar-refractivity contribution in [3.8, 4) is 16.9 Å². The number of benzene rings is 3. The molecular weight excluding hydrogens is 923 g/mol. The summed E-state index contributed by atoms with van der Waals surface area (Å²) in [5.74, 6) is -5.08. The fraction of sp³-hybridized carbons (Fsp3) is 0.510. The standard InChI is InChI=1S/C51H71BN10O10/c1-5-6-9-29-11-13-30(14-12-29)31-15-17-33(18-16-31)44(66)57-25-23-41(65)58-36(10-7-8-24-53)45(67)60-42(32-19-21-35(63)22-20-32)47(69)61-43(55)48(70)59-37(28-40(54)64)46(68)62-49(56)52-71-39-27-34-26-38(50(34,2)3)51(39,4)72-52/h11-22,34,36-39,42-43,49,63H,5-10,23-28,53,55-56H2,1-4H3,(H2,54,64)(H,57,66)(H,58,65)(H,59,70)(H,60,67)(H,61,69)(H,62,68)/t34-,36-,37-,38-,39?,42-,43+,49+,51-/m0/s1. The average molecular weight is 995 g/mol. The molecule has 9 atom stereocenters. The van der Waals surface area contributed by atoms with E-state index in [1.54, 1.807) is 12.1 Å². The minimum Gasteiger partial charge on any atom is -0.508 e. The second kappa shape index (κ2) is 24.4. The number of aromatic hydroxyl groups is 1. The molecule has 4 fully saturated rings. The van der Waals surface area contributed by atoms with Gasteiger partial charge >= 0.3 is 7.12 Å². The molecule has 3 aromatic carbocycles. The van der Waals surface area contributed by atoms with Crippen LogP contribution in [0, 0.1) is 17.3 Å². The molecule has 388 valence electrons. The molecule has 72 heavy (non-hydrogen) atoms. The number of rotatable bonds is 25. The lowest BCUT2D eigenvalue weighted by Gasteiger charge is -2.64. The van der Waals surface area contributed by atoms with Crippen LogP contribution in [0.5, 0.6) is 5.75 Å². The van der Waals surface area contributed by atoms with Gasteiger partial charge in [-0.3, -0.25) is 33.6 Å². The minimum atomic E-state index is -1.84. The molecule has 7 rings (SSSR count). The lowest BCUT2D eigenvalue weighted by molar-refractivity contribution is -0.199. The van der Waals surface area contributed by atoms with Crippen LogP contribution in [0.15, 0.2) is 72.8 Å². The molecule has 0 spiro atoms. The van der Waals surface area contributed by atoms with Gasteiger partial charge < -0.3 is 69.3 Å². The van der Waals surface area contributed by atoms with E-state index in [1.165, 1.54) is 29.8 Å². The molecule has 1 unspecified atom stereocenters. The highest BCUT2D eigenvalue weighted by Gasteiger charge is 2.68. The van der Waals surface area contributed by atoms with Crippen LogP contribution in [0.2, 0.25) is 0 Å². The largest absolute Gasteiger partial charge is 0.508 e. The summed E-state index contributed by atoms with van der Waals surface area (Å²) in [4.78, 5) is 93.3. The van der Waals surface area contributed by atoms with Crippen molar-refractivity contribution in [1.82, 2.24) is 31.9 Å². The van der Waals surface area contributed by atoms with Gasteiger partial charge in [-0.15, -0.1) is 0 Å². The molecule has 0 aromatic heterocycles. The van der Waals surface area contributed by atoms with Crippen molar-refractivity contribution in [1.29, 1.82) is 0 Å². The maximum atomic E-state index is 14.0. The summed E-state index contributed by atoms with van der Waals surface area (Å²) >= 11 is 0. The second-order valence-electron chi connectivity index (χ2n) is 19.9. The number of amides is 7. The fourth-order valence-electron chi connectivity index (χ4n) is 10.0. The summed E-state index contributed by atoms with van der Waals surface area (Å²) in [5.41, 5.74) is 26.9. The van der Waals surface area contributed by atoms with Crippen molar-refractivity contribution in [3.05, 3.63) is 89.5 Å². The number of carbonyl (C=O) groups excluding carboxylic acids is 7. The first-order chi connectivity index (χ1) is 34.2. The first kappa shape index (κ1) is 54.9. The quantitative estimate of drug-likeness (QED) is 0.0326. The van der Waals surface area contributed by atoms with Crippen molar-refractivity contribution < 1.29 is 48.0 Å². The predicted octanol–water partition coefficient (Wildman–Crippen LogP) is 1.42. The number of hydrogen-bond donors (Lipinski definition) is 11. The van der Waals surface area contributed by atoms with Crippen molar-refractivity contribution in [2.45, 2.75) is 134 Å². The third kappa shape index (κ3) is 13.6. The number of nitrogens with one attached hydrogen (secondary N) is 6. The van der Waals surface area contributed by atoms with Crippen molar-refractivity contribution in [2.75, 3.05) is 13.1 Å². The van der Waals surface area contributed by atoms with Gasteiger partial charge in [0, 0.05) is 18.5 Å². The average Bonchev–Trinajstić information content (AvgIpc) is 3.72. The smallest absolute Gasteiger partial charge is 0.497 e. The third-order valence-corrected chi connectivity index (χ3v) is 14.5. The van der Waals surface area contributed by atoms with Crippen LogP contribution < -0.4 is 54.8 Å². The number of unbranched alkanes of at least 4 members (excludes halogenated alkanes) is 2. The van der Waals surface area contributed by atoms with Gasteiger partial charge in [-0.2, -0.15) is 0 Å². The van der Waals surface area contributed by atoms with Gasteiger partial charge in [0.15, 0.2) is 6.17 Å². The number of primary amides is 1. The van der Waals surface area contributed by atoms with E-state index in [0.717, 1.165) is 43.2 Å². The Morgan fingerprint density at radius 1 is 0.764 bits per heavy atom. The lowest BCUT2D eigenvalue weighted by Crippen LogP contribution is -2.65. The van der Waals surface area contributed by atoms with E-state index < -0.39 is 84.9 Å². The molecule has 21 heteroatoms. The van der Waals surface area contributed by atoms with Crippen LogP contribution in [0.25, 0.3) is 11.1 Å². The second-order valence-corrected chi connectivity index (χ2v) is 19.9. The van der Waals surface area contributed by atoms with E-state index in [2.05, 4.69) is 76.9 Å².